The average molecular weight is 541 g/mol. The lowest BCUT2D eigenvalue weighted by Gasteiger charge is -2.64. The summed E-state index contributed by atoms with van der Waals surface area (Å²) < 4.78 is 0. The number of hydrogen-bond acceptors (Lipinski definition) is 4. The van der Waals surface area contributed by atoms with E-state index in [9.17, 15) is 14.9 Å². The van der Waals surface area contributed by atoms with Gasteiger partial charge in [-0.2, -0.15) is 5.26 Å². The quantitative estimate of drug-likeness (QED) is 0.253. The maximum Gasteiger partial charge on any atom is 0.178 e. The third-order valence-electron chi connectivity index (χ3n) is 11.7. The number of allylic oxidation sites excluding steroid dienone is 2. The van der Waals surface area contributed by atoms with Crippen LogP contribution in [0.5, 0.6) is 0 Å². The number of nitriles is 1. The molecule has 1 N–H and O–H groups in total. The van der Waals surface area contributed by atoms with Crippen molar-refractivity contribution in [2.24, 2.45) is 38.9 Å². The molecule has 222 valence electrons. The Morgan fingerprint density at radius 1 is 1.03 bits per heavy atom. The lowest BCUT2D eigenvalue weighted by molar-refractivity contribution is -0.155. The molecule has 0 aromatic heterocycles. The number of carbonyl (C=O) groups excluding carboxylic acids is 2. The summed E-state index contributed by atoms with van der Waals surface area (Å²) >= 11 is 0. The molecule has 0 heterocycles. The fourth-order valence-corrected chi connectivity index (χ4v) is 8.72. The van der Waals surface area contributed by atoms with Crippen LogP contribution in [-0.2, 0) is 9.59 Å². The number of nitrogens with zero attached hydrogens (tertiary/aromatic N) is 1. The first-order valence-electron chi connectivity index (χ1n) is 15.7. The van der Waals surface area contributed by atoms with E-state index in [0.29, 0.717) is 11.8 Å². The van der Waals surface area contributed by atoms with Crippen molar-refractivity contribution in [3.8, 4) is 6.07 Å². The van der Waals surface area contributed by atoms with E-state index >= 15 is 0 Å². The van der Waals surface area contributed by atoms with Gasteiger partial charge in [-0.25, -0.2) is 0 Å². The van der Waals surface area contributed by atoms with Crippen molar-refractivity contribution in [2.75, 3.05) is 6.54 Å². The van der Waals surface area contributed by atoms with Crippen molar-refractivity contribution < 1.29 is 9.59 Å². The topological polar surface area (TPSA) is 70.0 Å². The van der Waals surface area contributed by atoms with Gasteiger partial charge in [0, 0.05) is 17.4 Å². The van der Waals surface area contributed by atoms with Crippen LogP contribution in [0.1, 0.15) is 141 Å². The van der Waals surface area contributed by atoms with Crippen molar-refractivity contribution in [3.05, 3.63) is 11.6 Å². The molecule has 0 amide bonds. The Bertz CT molecular complexity index is 983. The Morgan fingerprint density at radius 3 is 2.13 bits per heavy atom. The Morgan fingerprint density at radius 2 is 1.62 bits per heavy atom. The number of rotatable bonds is 13. The molecule has 39 heavy (non-hydrogen) atoms. The Labute approximate surface area is 241 Å². The molecule has 0 aliphatic heterocycles. The van der Waals surface area contributed by atoms with Crippen LogP contribution in [0, 0.1) is 50.2 Å². The standard InChI is InChI=1S/C35H60N2O2/c1-13-16-30(4,5)18-20-33(10,37-14-2)21-19-31(6,7)35(12)17-15-27-32(8,9)29(39)26(24-36)23-34(27,11)28(35)22-25(3)38/h23,27-28,37H,13-22H2,1-12H3/t27-,28+,33-,34-,35+/m0/s1. The summed E-state index contributed by atoms with van der Waals surface area (Å²) in [7, 11) is 0. The molecule has 2 aliphatic rings. The summed E-state index contributed by atoms with van der Waals surface area (Å²) in [5.74, 6) is 0.349. The van der Waals surface area contributed by atoms with E-state index in [1.165, 1.54) is 19.3 Å². The third-order valence-corrected chi connectivity index (χ3v) is 11.7. The van der Waals surface area contributed by atoms with Crippen molar-refractivity contribution >= 4 is 11.6 Å². The van der Waals surface area contributed by atoms with Gasteiger partial charge in [-0.1, -0.05) is 81.7 Å². The molecule has 1 fully saturated rings. The van der Waals surface area contributed by atoms with Crippen LogP contribution in [0.4, 0.5) is 0 Å². The summed E-state index contributed by atoms with van der Waals surface area (Å²) in [5.41, 5.74) is -0.420. The van der Waals surface area contributed by atoms with Gasteiger partial charge < -0.3 is 10.1 Å². The molecule has 4 heteroatoms. The number of fused-ring (bicyclic) bond motifs is 1. The van der Waals surface area contributed by atoms with Gasteiger partial charge >= 0.3 is 0 Å². The molecule has 2 rings (SSSR count). The SMILES string of the molecule is CCCC(C)(C)CC[C@@](C)(CCC(C)(C)[C@]1(C)CC[C@H]2C(C)(C)C(=O)C(C#N)=C[C@]2(C)[C@H]1CC(C)=O)NCC. The highest BCUT2D eigenvalue weighted by Crippen LogP contribution is 2.68. The predicted molar refractivity (Wildman–Crippen MR) is 163 cm³/mol. The fourth-order valence-electron chi connectivity index (χ4n) is 8.72. The number of ketones is 2. The summed E-state index contributed by atoms with van der Waals surface area (Å²) in [4.78, 5) is 26.0. The number of Topliss-reactive ketones (excluding diaryl/α,β-unsaturated/α-hetero) is 2. The van der Waals surface area contributed by atoms with E-state index in [2.05, 4.69) is 73.7 Å². The predicted octanol–water partition coefficient (Wildman–Crippen LogP) is 8.84. The normalized spacial score (nSPS) is 30.6. The largest absolute Gasteiger partial charge is 0.312 e. The summed E-state index contributed by atoms with van der Waals surface area (Å²) in [6.07, 6.45) is 11.4. The molecular weight excluding hydrogens is 480 g/mol. The second kappa shape index (κ2) is 11.8. The van der Waals surface area contributed by atoms with Gasteiger partial charge in [0.15, 0.2) is 5.78 Å². The first-order valence-corrected chi connectivity index (χ1v) is 15.7. The Balaban J connectivity index is 2.46. The lowest BCUT2D eigenvalue weighted by atomic mass is 9.39. The smallest absolute Gasteiger partial charge is 0.178 e. The first kappa shape index (κ1) is 33.7. The van der Waals surface area contributed by atoms with Gasteiger partial charge in [0.2, 0.25) is 0 Å². The van der Waals surface area contributed by atoms with Crippen molar-refractivity contribution in [3.63, 3.8) is 0 Å². The van der Waals surface area contributed by atoms with E-state index in [1.807, 2.05) is 19.9 Å². The first-order chi connectivity index (χ1) is 17.7. The highest BCUT2D eigenvalue weighted by Gasteiger charge is 2.63. The van der Waals surface area contributed by atoms with E-state index in [1.54, 1.807) is 6.92 Å². The minimum Gasteiger partial charge on any atom is -0.312 e. The zero-order valence-corrected chi connectivity index (χ0v) is 27.6. The molecule has 0 saturated heterocycles. The lowest BCUT2D eigenvalue weighted by Crippen LogP contribution is -2.60. The second-order valence-electron chi connectivity index (χ2n) is 15.9. The average Bonchev–Trinajstić information content (AvgIpc) is 2.81. The minimum atomic E-state index is -0.607. The van der Waals surface area contributed by atoms with Crippen LogP contribution in [0.3, 0.4) is 0 Å². The summed E-state index contributed by atoms with van der Waals surface area (Å²) in [5, 5.41) is 13.8. The zero-order valence-electron chi connectivity index (χ0n) is 27.6. The maximum atomic E-state index is 13.2. The van der Waals surface area contributed by atoms with Gasteiger partial charge in [0.1, 0.15) is 11.9 Å². The monoisotopic (exact) mass is 540 g/mol. The minimum absolute atomic E-state index is 0.0248. The van der Waals surface area contributed by atoms with Crippen LogP contribution < -0.4 is 5.32 Å². The van der Waals surface area contributed by atoms with E-state index in [4.69, 9.17) is 0 Å². The van der Waals surface area contributed by atoms with Crippen molar-refractivity contribution in [2.45, 2.75) is 146 Å². The van der Waals surface area contributed by atoms with E-state index < -0.39 is 5.41 Å². The fraction of sp³-hybridized carbons (Fsp3) is 0.857. The van der Waals surface area contributed by atoms with Crippen LogP contribution >= 0.6 is 0 Å². The van der Waals surface area contributed by atoms with Gasteiger partial charge in [0.05, 0.1) is 5.57 Å². The number of nitrogens with one attached hydrogen (secondary N) is 1. The number of hydrogen-bond donors (Lipinski definition) is 1. The van der Waals surface area contributed by atoms with E-state index in [-0.39, 0.29) is 50.8 Å². The summed E-state index contributed by atoms with van der Waals surface area (Å²) in [6, 6.07) is 2.22. The molecule has 0 aromatic rings. The van der Waals surface area contributed by atoms with Crippen molar-refractivity contribution in [1.82, 2.24) is 5.32 Å². The molecule has 1 saturated carbocycles. The van der Waals surface area contributed by atoms with Crippen LogP contribution in [0.25, 0.3) is 0 Å². The molecular formula is C35H60N2O2. The highest BCUT2D eigenvalue weighted by molar-refractivity contribution is 6.04. The Hall–Kier alpha value is -1.47. The number of carbonyl (C=O) groups is 2. The molecule has 4 nitrogen and oxygen atoms in total. The third kappa shape index (κ3) is 6.72. The summed E-state index contributed by atoms with van der Waals surface area (Å²) in [6.45, 7) is 27.8. The molecule has 0 spiro atoms. The maximum absolute atomic E-state index is 13.2. The van der Waals surface area contributed by atoms with Gasteiger partial charge in [-0.15, -0.1) is 0 Å². The molecule has 0 aromatic carbocycles. The van der Waals surface area contributed by atoms with Crippen LogP contribution in [0.15, 0.2) is 11.6 Å². The highest BCUT2D eigenvalue weighted by atomic mass is 16.1. The van der Waals surface area contributed by atoms with Crippen molar-refractivity contribution in [1.29, 1.82) is 5.26 Å². The van der Waals surface area contributed by atoms with Crippen LogP contribution in [0.2, 0.25) is 0 Å². The van der Waals surface area contributed by atoms with Gasteiger partial charge in [-0.05, 0) is 98.8 Å². The van der Waals surface area contributed by atoms with Crippen LogP contribution in [-0.4, -0.2) is 23.7 Å². The molecule has 0 unspecified atom stereocenters. The van der Waals surface area contributed by atoms with E-state index in [0.717, 1.165) is 38.6 Å². The molecule has 0 bridgehead atoms. The molecule has 0 radical (unpaired) electrons. The molecule has 5 atom stereocenters. The Kier molecular flexibility index (Phi) is 10.2. The molecule has 2 aliphatic carbocycles. The zero-order chi connectivity index (χ0) is 30.1. The van der Waals surface area contributed by atoms with Gasteiger partial charge in [-0.3, -0.25) is 4.79 Å². The second-order valence-corrected chi connectivity index (χ2v) is 15.9. The van der Waals surface area contributed by atoms with Gasteiger partial charge in [0.25, 0.3) is 0 Å².